The standard InChI is InChI=1S/C21H30N4OS/c1-3-23-12-14-25(15-13-23)21(26)16(2)24-10-8-17(9-11-24)20-22-18-6-4-5-7-19(18)27-20/h4-7,16-17H,3,8-15H2,1-2H3/p+2/t16-/m0/s1. The number of likely N-dealkylation sites (N-methyl/N-ethyl adjacent to an activating group) is 1. The van der Waals surface area contributed by atoms with Crippen LogP contribution in [0.5, 0.6) is 0 Å². The zero-order chi connectivity index (χ0) is 18.8. The molecule has 3 heterocycles. The third kappa shape index (κ3) is 4.03. The molecular weight excluding hydrogens is 356 g/mol. The van der Waals surface area contributed by atoms with Crippen LogP contribution in [0.15, 0.2) is 24.3 Å². The second kappa shape index (κ2) is 8.25. The molecule has 0 radical (unpaired) electrons. The van der Waals surface area contributed by atoms with Gasteiger partial charge < -0.3 is 14.7 Å². The molecule has 6 heteroatoms. The highest BCUT2D eigenvalue weighted by molar-refractivity contribution is 7.18. The molecule has 1 aromatic carbocycles. The topological polar surface area (TPSA) is 42.1 Å². The van der Waals surface area contributed by atoms with Crippen LogP contribution in [0.1, 0.15) is 37.6 Å². The molecule has 1 atom stereocenters. The summed E-state index contributed by atoms with van der Waals surface area (Å²) < 4.78 is 1.29. The third-order valence-electron chi connectivity index (χ3n) is 6.55. The minimum Gasteiger partial charge on any atom is -0.332 e. The molecule has 5 nitrogen and oxygen atoms in total. The second-order valence-electron chi connectivity index (χ2n) is 8.10. The maximum Gasteiger partial charge on any atom is 0.280 e. The first-order valence-corrected chi connectivity index (χ1v) is 11.3. The number of thiazole rings is 1. The van der Waals surface area contributed by atoms with Gasteiger partial charge in [0.25, 0.3) is 5.91 Å². The lowest BCUT2D eigenvalue weighted by molar-refractivity contribution is -0.920. The van der Waals surface area contributed by atoms with Crippen LogP contribution in [0, 0.1) is 0 Å². The number of likely N-dealkylation sites (tertiary alicyclic amines) is 1. The second-order valence-corrected chi connectivity index (χ2v) is 9.17. The number of aromatic nitrogens is 1. The monoisotopic (exact) mass is 388 g/mol. The number of benzene rings is 1. The van der Waals surface area contributed by atoms with Gasteiger partial charge in [-0.1, -0.05) is 12.1 Å². The van der Waals surface area contributed by atoms with E-state index in [2.05, 4.69) is 43.0 Å². The van der Waals surface area contributed by atoms with Crippen LogP contribution in [-0.4, -0.2) is 67.6 Å². The molecular formula is C21H32N4OS+2. The number of hydrogen-bond donors (Lipinski definition) is 2. The molecule has 0 bridgehead atoms. The molecule has 0 unspecified atom stereocenters. The van der Waals surface area contributed by atoms with Crippen molar-refractivity contribution in [1.82, 2.24) is 9.88 Å². The van der Waals surface area contributed by atoms with Crippen molar-refractivity contribution < 1.29 is 14.6 Å². The van der Waals surface area contributed by atoms with Gasteiger partial charge in [0.1, 0.15) is 0 Å². The van der Waals surface area contributed by atoms with Crippen LogP contribution in [0.25, 0.3) is 10.2 Å². The first-order valence-electron chi connectivity index (χ1n) is 10.5. The number of nitrogens with one attached hydrogen (secondary N) is 2. The molecule has 2 saturated heterocycles. The van der Waals surface area contributed by atoms with Crippen LogP contribution in [0.4, 0.5) is 0 Å². The number of amides is 1. The summed E-state index contributed by atoms with van der Waals surface area (Å²) in [6.45, 7) is 11.7. The quantitative estimate of drug-likeness (QED) is 0.786. The Labute approximate surface area is 166 Å². The number of quaternary nitrogens is 2. The number of hydrogen-bond acceptors (Lipinski definition) is 3. The number of rotatable bonds is 4. The van der Waals surface area contributed by atoms with Crippen LogP contribution < -0.4 is 9.80 Å². The molecule has 2 aliphatic rings. The summed E-state index contributed by atoms with van der Waals surface area (Å²) >= 11 is 1.85. The van der Waals surface area contributed by atoms with Gasteiger partial charge in [0.2, 0.25) is 0 Å². The van der Waals surface area contributed by atoms with E-state index in [1.807, 2.05) is 11.3 Å². The van der Waals surface area contributed by atoms with E-state index in [1.54, 1.807) is 4.90 Å². The van der Waals surface area contributed by atoms with E-state index >= 15 is 0 Å². The Kier molecular flexibility index (Phi) is 5.76. The van der Waals surface area contributed by atoms with Crippen molar-refractivity contribution >= 4 is 27.5 Å². The molecule has 2 fully saturated rings. The summed E-state index contributed by atoms with van der Waals surface area (Å²) in [5.74, 6) is 0.920. The van der Waals surface area contributed by atoms with Crippen molar-refractivity contribution in [1.29, 1.82) is 0 Å². The summed E-state index contributed by atoms with van der Waals surface area (Å²) in [6.07, 6.45) is 2.28. The lowest BCUT2D eigenvalue weighted by atomic mass is 9.96. The Hall–Kier alpha value is -1.50. The highest BCUT2D eigenvalue weighted by Crippen LogP contribution is 2.31. The van der Waals surface area contributed by atoms with Crippen LogP contribution in [0.2, 0.25) is 0 Å². The molecule has 1 amide bonds. The van der Waals surface area contributed by atoms with Crippen molar-refractivity contribution in [2.24, 2.45) is 0 Å². The lowest BCUT2D eigenvalue weighted by Crippen LogP contribution is -3.18. The lowest BCUT2D eigenvalue weighted by Gasteiger charge is -2.36. The minimum atomic E-state index is 0.0875. The average molecular weight is 389 g/mol. The number of piperidine rings is 1. The van der Waals surface area contributed by atoms with Crippen molar-refractivity contribution in [2.45, 2.75) is 38.6 Å². The molecule has 2 aliphatic heterocycles. The number of piperazine rings is 1. The molecule has 0 saturated carbocycles. The van der Waals surface area contributed by atoms with E-state index in [9.17, 15) is 4.79 Å². The molecule has 2 N–H and O–H groups in total. The Balaban J connectivity index is 1.32. The highest BCUT2D eigenvalue weighted by atomic mass is 32.1. The first-order chi connectivity index (χ1) is 13.2. The number of nitrogens with zero attached hydrogens (tertiary/aromatic N) is 2. The third-order valence-corrected chi connectivity index (χ3v) is 7.75. The Bertz CT molecular complexity index is 742. The van der Waals surface area contributed by atoms with Gasteiger partial charge in [-0.25, -0.2) is 4.98 Å². The van der Waals surface area contributed by atoms with Gasteiger partial charge >= 0.3 is 0 Å². The van der Waals surface area contributed by atoms with Gasteiger partial charge in [-0.15, -0.1) is 11.3 Å². The largest absolute Gasteiger partial charge is 0.332 e. The van der Waals surface area contributed by atoms with E-state index in [0.717, 1.165) is 57.6 Å². The van der Waals surface area contributed by atoms with E-state index in [4.69, 9.17) is 4.98 Å². The summed E-state index contributed by atoms with van der Waals surface area (Å²) in [6, 6.07) is 8.51. The van der Waals surface area contributed by atoms with Crippen molar-refractivity contribution in [2.75, 3.05) is 45.8 Å². The van der Waals surface area contributed by atoms with E-state index in [-0.39, 0.29) is 6.04 Å². The normalized spacial score (nSPS) is 25.6. The predicted molar refractivity (Wildman–Crippen MR) is 110 cm³/mol. The van der Waals surface area contributed by atoms with Crippen molar-refractivity contribution in [3.05, 3.63) is 29.3 Å². The summed E-state index contributed by atoms with van der Waals surface area (Å²) in [7, 11) is 0. The number of carbonyl (C=O) groups is 1. The summed E-state index contributed by atoms with van der Waals surface area (Å²) in [5, 5.41) is 1.29. The van der Waals surface area contributed by atoms with Gasteiger partial charge in [-0.05, 0) is 26.0 Å². The molecule has 1 aromatic heterocycles. The molecule has 27 heavy (non-hydrogen) atoms. The van der Waals surface area contributed by atoms with Crippen LogP contribution >= 0.6 is 11.3 Å². The molecule has 0 spiro atoms. The molecule has 146 valence electrons. The van der Waals surface area contributed by atoms with Crippen molar-refractivity contribution in [3.63, 3.8) is 0 Å². The summed E-state index contributed by atoms with van der Waals surface area (Å²) in [4.78, 5) is 23.0. The van der Waals surface area contributed by atoms with E-state index < -0.39 is 0 Å². The Morgan fingerprint density at radius 3 is 2.59 bits per heavy atom. The predicted octanol–water partition coefficient (Wildman–Crippen LogP) is 0.194. The van der Waals surface area contributed by atoms with Crippen LogP contribution in [0.3, 0.4) is 0 Å². The number of fused-ring (bicyclic) bond motifs is 1. The van der Waals surface area contributed by atoms with Crippen molar-refractivity contribution in [3.8, 4) is 0 Å². The van der Waals surface area contributed by atoms with Crippen LogP contribution in [-0.2, 0) is 4.79 Å². The average Bonchev–Trinajstić information content (AvgIpc) is 3.17. The molecule has 4 rings (SSSR count). The fraction of sp³-hybridized carbons (Fsp3) is 0.619. The van der Waals surface area contributed by atoms with E-state index in [1.165, 1.54) is 21.2 Å². The maximum atomic E-state index is 12.9. The van der Waals surface area contributed by atoms with Gasteiger partial charge in [0.15, 0.2) is 6.04 Å². The first kappa shape index (κ1) is 18.8. The van der Waals surface area contributed by atoms with Gasteiger partial charge in [0.05, 0.1) is 61.0 Å². The SMILES string of the molecule is CC[NH+]1CCN(C(=O)[C@H](C)[NH+]2CCC(c3nc4ccccc4s3)CC2)CC1. The number of carbonyl (C=O) groups excluding carboxylic acids is 1. The molecule has 0 aliphatic carbocycles. The Morgan fingerprint density at radius 2 is 1.93 bits per heavy atom. The minimum absolute atomic E-state index is 0.0875. The fourth-order valence-corrected chi connectivity index (χ4v) is 5.72. The van der Waals surface area contributed by atoms with Gasteiger partial charge in [-0.2, -0.15) is 0 Å². The number of para-hydroxylation sites is 1. The zero-order valence-electron chi connectivity index (χ0n) is 16.5. The fourth-order valence-electron chi connectivity index (χ4n) is 4.58. The van der Waals surface area contributed by atoms with Gasteiger partial charge in [-0.3, -0.25) is 4.79 Å². The van der Waals surface area contributed by atoms with E-state index in [0.29, 0.717) is 11.8 Å². The Morgan fingerprint density at radius 1 is 1.22 bits per heavy atom. The smallest absolute Gasteiger partial charge is 0.280 e. The highest BCUT2D eigenvalue weighted by Gasteiger charge is 2.35. The summed E-state index contributed by atoms with van der Waals surface area (Å²) in [5.41, 5.74) is 1.13. The van der Waals surface area contributed by atoms with Gasteiger partial charge in [0, 0.05) is 18.8 Å². The molecule has 2 aromatic rings. The zero-order valence-corrected chi connectivity index (χ0v) is 17.4. The maximum absolute atomic E-state index is 12.9.